The Labute approximate surface area is 174 Å². The van der Waals surface area contributed by atoms with Crippen molar-refractivity contribution in [2.24, 2.45) is 0 Å². The number of aromatic nitrogens is 2. The van der Waals surface area contributed by atoms with E-state index in [2.05, 4.69) is 44.5 Å². The summed E-state index contributed by atoms with van der Waals surface area (Å²) in [6, 6.07) is 10.4. The Balaban J connectivity index is 1.23. The quantitative estimate of drug-likeness (QED) is 0.719. The molecule has 29 heavy (non-hydrogen) atoms. The van der Waals surface area contributed by atoms with Gasteiger partial charge in [0.25, 0.3) is 0 Å². The maximum atomic E-state index is 12.8. The molecule has 1 aliphatic carbocycles. The summed E-state index contributed by atoms with van der Waals surface area (Å²) < 4.78 is 0. The van der Waals surface area contributed by atoms with Gasteiger partial charge in [-0.15, -0.1) is 11.3 Å². The van der Waals surface area contributed by atoms with Crippen molar-refractivity contribution in [3.05, 3.63) is 47.1 Å². The van der Waals surface area contributed by atoms with Crippen LogP contribution in [0.3, 0.4) is 0 Å². The van der Waals surface area contributed by atoms with Gasteiger partial charge in [-0.25, -0.2) is 9.97 Å². The number of anilines is 2. The van der Waals surface area contributed by atoms with Gasteiger partial charge in [-0.3, -0.25) is 4.79 Å². The fourth-order valence-electron chi connectivity index (χ4n) is 4.35. The number of rotatable bonds is 4. The summed E-state index contributed by atoms with van der Waals surface area (Å²) in [6.45, 7) is 3.52. The molecule has 6 nitrogen and oxygen atoms in total. The van der Waals surface area contributed by atoms with Crippen LogP contribution in [0.5, 0.6) is 0 Å². The summed E-state index contributed by atoms with van der Waals surface area (Å²) >= 11 is 1.78. The van der Waals surface area contributed by atoms with Crippen LogP contribution in [0.15, 0.2) is 36.7 Å². The predicted octanol–water partition coefficient (Wildman–Crippen LogP) is 3.33. The minimum Gasteiger partial charge on any atom is -0.368 e. The minimum atomic E-state index is 0.133. The predicted molar refractivity (Wildman–Crippen MR) is 118 cm³/mol. The first-order valence-corrected chi connectivity index (χ1v) is 11.2. The van der Waals surface area contributed by atoms with Crippen LogP contribution in [-0.4, -0.2) is 53.5 Å². The SMILES string of the molecule is O=C(CNc1ncnc2sc3c(c12)CCCC3)N1CCN(c2ccccc2)CC1. The second kappa shape index (κ2) is 7.99. The molecule has 1 saturated heterocycles. The Bertz CT molecular complexity index is 1010. The standard InChI is InChI=1S/C22H25N5OS/c28-19(27-12-10-26(11-13-27)16-6-2-1-3-7-16)14-23-21-20-17-8-4-5-9-18(17)29-22(20)25-15-24-21/h1-3,6-7,15H,4-5,8-14H2,(H,23,24,25). The zero-order chi connectivity index (χ0) is 19.6. The number of hydrogen-bond acceptors (Lipinski definition) is 6. The second-order valence-corrected chi connectivity index (χ2v) is 8.75. The Morgan fingerprint density at radius 2 is 1.83 bits per heavy atom. The highest BCUT2D eigenvalue weighted by Gasteiger charge is 2.23. The summed E-state index contributed by atoms with van der Waals surface area (Å²) in [6.07, 6.45) is 6.31. The number of nitrogens with zero attached hydrogens (tertiary/aromatic N) is 4. The lowest BCUT2D eigenvalue weighted by Gasteiger charge is -2.36. The molecule has 7 heteroatoms. The zero-order valence-corrected chi connectivity index (χ0v) is 17.2. The van der Waals surface area contributed by atoms with Crippen molar-refractivity contribution < 1.29 is 4.79 Å². The number of carbonyl (C=O) groups is 1. The third kappa shape index (κ3) is 3.67. The Morgan fingerprint density at radius 3 is 2.66 bits per heavy atom. The molecule has 150 valence electrons. The number of fused-ring (bicyclic) bond motifs is 3. The fraction of sp³-hybridized carbons (Fsp3) is 0.409. The largest absolute Gasteiger partial charge is 0.368 e. The van der Waals surface area contributed by atoms with E-state index in [1.54, 1.807) is 17.7 Å². The Morgan fingerprint density at radius 1 is 1.03 bits per heavy atom. The van der Waals surface area contributed by atoms with E-state index in [1.165, 1.54) is 29.0 Å². The number of carbonyl (C=O) groups excluding carboxylic acids is 1. The van der Waals surface area contributed by atoms with Crippen molar-refractivity contribution in [2.45, 2.75) is 25.7 Å². The van der Waals surface area contributed by atoms with Crippen LogP contribution in [-0.2, 0) is 17.6 Å². The molecule has 2 aromatic heterocycles. The molecule has 1 N–H and O–H groups in total. The molecule has 2 aliphatic rings. The summed E-state index contributed by atoms with van der Waals surface area (Å²) in [4.78, 5) is 28.5. The third-order valence-electron chi connectivity index (χ3n) is 5.91. The molecule has 3 aromatic rings. The highest BCUT2D eigenvalue weighted by atomic mass is 32.1. The van der Waals surface area contributed by atoms with Crippen LogP contribution >= 0.6 is 11.3 Å². The van der Waals surface area contributed by atoms with Gasteiger partial charge in [-0.1, -0.05) is 18.2 Å². The third-order valence-corrected chi connectivity index (χ3v) is 7.11. The molecule has 1 aromatic carbocycles. The molecule has 1 amide bonds. The van der Waals surface area contributed by atoms with Gasteiger partial charge < -0.3 is 15.1 Å². The highest BCUT2D eigenvalue weighted by Crippen LogP contribution is 2.38. The van der Waals surface area contributed by atoms with Gasteiger partial charge in [0.15, 0.2) is 0 Å². The smallest absolute Gasteiger partial charge is 0.242 e. The van der Waals surface area contributed by atoms with Gasteiger partial charge >= 0.3 is 0 Å². The molecule has 0 radical (unpaired) electrons. The molecule has 0 saturated carbocycles. The first-order chi connectivity index (χ1) is 14.3. The molecule has 0 bridgehead atoms. The van der Waals surface area contributed by atoms with E-state index in [1.807, 2.05) is 11.0 Å². The van der Waals surface area contributed by atoms with E-state index in [-0.39, 0.29) is 12.5 Å². The van der Waals surface area contributed by atoms with Crippen molar-refractivity contribution in [1.82, 2.24) is 14.9 Å². The van der Waals surface area contributed by atoms with E-state index < -0.39 is 0 Å². The number of amides is 1. The number of nitrogens with one attached hydrogen (secondary N) is 1. The molecular formula is C22H25N5OS. The summed E-state index contributed by atoms with van der Waals surface area (Å²) in [5, 5.41) is 4.45. The van der Waals surface area contributed by atoms with Crippen molar-refractivity contribution in [2.75, 3.05) is 42.9 Å². The van der Waals surface area contributed by atoms with E-state index >= 15 is 0 Å². The molecule has 5 rings (SSSR count). The summed E-state index contributed by atoms with van der Waals surface area (Å²) in [5.41, 5.74) is 2.62. The lowest BCUT2D eigenvalue weighted by atomic mass is 9.97. The van der Waals surface area contributed by atoms with E-state index in [0.29, 0.717) is 0 Å². The molecule has 0 spiro atoms. The maximum Gasteiger partial charge on any atom is 0.242 e. The normalized spacial score (nSPS) is 16.7. The number of para-hydroxylation sites is 1. The Hall–Kier alpha value is -2.67. The lowest BCUT2D eigenvalue weighted by Crippen LogP contribution is -2.50. The topological polar surface area (TPSA) is 61.4 Å². The first kappa shape index (κ1) is 18.4. The monoisotopic (exact) mass is 407 g/mol. The number of thiophene rings is 1. The number of hydrogen-bond donors (Lipinski definition) is 1. The molecule has 1 fully saturated rings. The minimum absolute atomic E-state index is 0.133. The van der Waals surface area contributed by atoms with Gasteiger partial charge in [0.2, 0.25) is 5.91 Å². The van der Waals surface area contributed by atoms with Crippen molar-refractivity contribution >= 4 is 39.0 Å². The van der Waals surface area contributed by atoms with E-state index in [0.717, 1.165) is 55.1 Å². The van der Waals surface area contributed by atoms with Gasteiger partial charge in [0.05, 0.1) is 11.9 Å². The van der Waals surface area contributed by atoms with Crippen molar-refractivity contribution in [1.29, 1.82) is 0 Å². The zero-order valence-electron chi connectivity index (χ0n) is 16.4. The van der Waals surface area contributed by atoms with Crippen LogP contribution in [0, 0.1) is 0 Å². The summed E-state index contributed by atoms with van der Waals surface area (Å²) in [5.74, 6) is 0.944. The molecule has 1 aliphatic heterocycles. The first-order valence-electron chi connectivity index (χ1n) is 10.4. The van der Waals surface area contributed by atoms with Crippen molar-refractivity contribution in [3.8, 4) is 0 Å². The van der Waals surface area contributed by atoms with Crippen LogP contribution in [0.25, 0.3) is 10.2 Å². The van der Waals surface area contributed by atoms with Crippen LogP contribution in [0.1, 0.15) is 23.3 Å². The number of benzene rings is 1. The van der Waals surface area contributed by atoms with Gasteiger partial charge in [0, 0.05) is 36.7 Å². The van der Waals surface area contributed by atoms with Crippen LogP contribution in [0.2, 0.25) is 0 Å². The van der Waals surface area contributed by atoms with Crippen molar-refractivity contribution in [3.63, 3.8) is 0 Å². The molecule has 0 atom stereocenters. The van der Waals surface area contributed by atoms with E-state index in [4.69, 9.17) is 0 Å². The lowest BCUT2D eigenvalue weighted by molar-refractivity contribution is -0.129. The molecule has 0 unspecified atom stereocenters. The number of aryl methyl sites for hydroxylation is 2. The molecule has 3 heterocycles. The van der Waals surface area contributed by atoms with Gasteiger partial charge in [-0.05, 0) is 43.4 Å². The molecular weight excluding hydrogens is 382 g/mol. The summed E-state index contributed by atoms with van der Waals surface area (Å²) in [7, 11) is 0. The number of piperazine rings is 1. The average Bonchev–Trinajstić information content (AvgIpc) is 3.17. The van der Waals surface area contributed by atoms with Gasteiger partial charge in [0.1, 0.15) is 17.0 Å². The Kier molecular flexibility index (Phi) is 5.06. The van der Waals surface area contributed by atoms with Gasteiger partial charge in [-0.2, -0.15) is 0 Å². The highest BCUT2D eigenvalue weighted by molar-refractivity contribution is 7.19. The fourth-order valence-corrected chi connectivity index (χ4v) is 5.58. The second-order valence-electron chi connectivity index (χ2n) is 7.67. The maximum absolute atomic E-state index is 12.8. The van der Waals surface area contributed by atoms with E-state index in [9.17, 15) is 4.79 Å². The van der Waals surface area contributed by atoms with Crippen LogP contribution < -0.4 is 10.2 Å². The average molecular weight is 408 g/mol. The van der Waals surface area contributed by atoms with Crippen LogP contribution in [0.4, 0.5) is 11.5 Å².